The van der Waals surface area contributed by atoms with Gasteiger partial charge in [0, 0.05) is 12.0 Å². The van der Waals surface area contributed by atoms with Crippen LogP contribution < -0.4 is 0 Å². The smallest absolute Gasteiger partial charge is 0.0586 e. The Balaban J connectivity index is 1.89. The molecule has 3 unspecified atom stereocenters. The van der Waals surface area contributed by atoms with E-state index in [1.807, 2.05) is 0 Å². The van der Waals surface area contributed by atoms with Crippen LogP contribution in [0.2, 0.25) is 0 Å². The van der Waals surface area contributed by atoms with Gasteiger partial charge in [-0.1, -0.05) is 0 Å². The molecule has 0 saturated carbocycles. The first-order valence-corrected chi connectivity index (χ1v) is 6.08. The van der Waals surface area contributed by atoms with Crippen LogP contribution in [0.3, 0.4) is 0 Å². The summed E-state index contributed by atoms with van der Waals surface area (Å²) in [6.07, 6.45) is 6.16. The second-order valence-electron chi connectivity index (χ2n) is 5.16. The third-order valence-electron chi connectivity index (χ3n) is 3.72. The summed E-state index contributed by atoms with van der Waals surface area (Å²) < 4.78 is 11.3. The normalized spacial score (nSPS) is 42.0. The van der Waals surface area contributed by atoms with Crippen molar-refractivity contribution in [2.45, 2.75) is 51.2 Å². The van der Waals surface area contributed by atoms with Gasteiger partial charge in [-0.25, -0.2) is 0 Å². The van der Waals surface area contributed by atoms with Gasteiger partial charge in [0.1, 0.15) is 0 Å². The number of rotatable bonds is 3. The van der Waals surface area contributed by atoms with Gasteiger partial charge in [-0.3, -0.25) is 0 Å². The SMILES string of the molecule is CC1CCC(CC2(CO)CCCOC2)O1. The summed E-state index contributed by atoms with van der Waals surface area (Å²) in [5, 5.41) is 9.53. The maximum atomic E-state index is 9.53. The summed E-state index contributed by atoms with van der Waals surface area (Å²) in [6, 6.07) is 0. The molecule has 2 heterocycles. The summed E-state index contributed by atoms with van der Waals surface area (Å²) in [5.74, 6) is 0. The number of ether oxygens (including phenoxy) is 2. The van der Waals surface area contributed by atoms with E-state index < -0.39 is 0 Å². The van der Waals surface area contributed by atoms with Crippen molar-refractivity contribution in [3.05, 3.63) is 0 Å². The lowest BCUT2D eigenvalue weighted by Gasteiger charge is -2.37. The first-order chi connectivity index (χ1) is 7.24. The van der Waals surface area contributed by atoms with Crippen molar-refractivity contribution in [3.8, 4) is 0 Å². The monoisotopic (exact) mass is 214 g/mol. The molecule has 2 rings (SSSR count). The molecular weight excluding hydrogens is 192 g/mol. The summed E-state index contributed by atoms with van der Waals surface area (Å²) in [4.78, 5) is 0. The molecule has 3 nitrogen and oxygen atoms in total. The molecule has 2 fully saturated rings. The highest BCUT2D eigenvalue weighted by Gasteiger charge is 2.37. The van der Waals surface area contributed by atoms with Gasteiger partial charge in [-0.2, -0.15) is 0 Å². The zero-order valence-corrected chi connectivity index (χ0v) is 9.58. The second-order valence-corrected chi connectivity index (χ2v) is 5.16. The van der Waals surface area contributed by atoms with Gasteiger partial charge in [-0.05, 0) is 39.0 Å². The van der Waals surface area contributed by atoms with Crippen molar-refractivity contribution in [1.29, 1.82) is 0 Å². The van der Waals surface area contributed by atoms with Crippen LogP contribution in [0.15, 0.2) is 0 Å². The van der Waals surface area contributed by atoms with Crippen molar-refractivity contribution in [2.24, 2.45) is 5.41 Å². The topological polar surface area (TPSA) is 38.7 Å². The standard InChI is InChI=1S/C12H22O3/c1-10-3-4-11(15-10)7-12(8-13)5-2-6-14-9-12/h10-11,13H,2-9H2,1H3. The summed E-state index contributed by atoms with van der Waals surface area (Å²) in [6.45, 7) is 3.92. The zero-order valence-electron chi connectivity index (χ0n) is 9.58. The van der Waals surface area contributed by atoms with E-state index in [9.17, 15) is 5.11 Å². The molecule has 88 valence electrons. The highest BCUT2D eigenvalue weighted by Crippen LogP contribution is 2.37. The lowest BCUT2D eigenvalue weighted by molar-refractivity contribution is -0.0717. The van der Waals surface area contributed by atoms with Gasteiger partial charge >= 0.3 is 0 Å². The largest absolute Gasteiger partial charge is 0.396 e. The van der Waals surface area contributed by atoms with E-state index in [0.29, 0.717) is 18.8 Å². The number of aliphatic hydroxyl groups excluding tert-OH is 1. The molecule has 2 saturated heterocycles. The molecule has 0 aromatic heterocycles. The molecule has 0 spiro atoms. The number of aliphatic hydroxyl groups is 1. The predicted molar refractivity (Wildman–Crippen MR) is 57.8 cm³/mol. The minimum absolute atomic E-state index is 0.0209. The Morgan fingerprint density at radius 3 is 2.80 bits per heavy atom. The van der Waals surface area contributed by atoms with Crippen molar-refractivity contribution in [3.63, 3.8) is 0 Å². The molecule has 0 aromatic rings. The Kier molecular flexibility index (Phi) is 3.65. The van der Waals surface area contributed by atoms with Crippen LogP contribution >= 0.6 is 0 Å². The van der Waals surface area contributed by atoms with Crippen LogP contribution in [0.4, 0.5) is 0 Å². The Labute approximate surface area is 91.8 Å². The van der Waals surface area contributed by atoms with E-state index in [0.717, 1.165) is 38.7 Å². The van der Waals surface area contributed by atoms with Crippen molar-refractivity contribution in [1.82, 2.24) is 0 Å². The Morgan fingerprint density at radius 2 is 2.27 bits per heavy atom. The highest BCUT2D eigenvalue weighted by atomic mass is 16.5. The third-order valence-corrected chi connectivity index (χ3v) is 3.72. The Hall–Kier alpha value is -0.120. The highest BCUT2D eigenvalue weighted by molar-refractivity contribution is 4.86. The van der Waals surface area contributed by atoms with E-state index in [2.05, 4.69) is 6.92 Å². The number of hydrogen-bond acceptors (Lipinski definition) is 3. The van der Waals surface area contributed by atoms with Gasteiger partial charge in [0.05, 0.1) is 25.4 Å². The van der Waals surface area contributed by atoms with Crippen LogP contribution in [-0.4, -0.2) is 37.1 Å². The van der Waals surface area contributed by atoms with Gasteiger partial charge in [-0.15, -0.1) is 0 Å². The molecule has 3 atom stereocenters. The van der Waals surface area contributed by atoms with Crippen LogP contribution in [0, 0.1) is 5.41 Å². The molecule has 2 aliphatic heterocycles. The van der Waals surface area contributed by atoms with E-state index in [1.165, 1.54) is 0 Å². The summed E-state index contributed by atoms with van der Waals surface area (Å²) in [7, 11) is 0. The van der Waals surface area contributed by atoms with Crippen LogP contribution in [0.5, 0.6) is 0 Å². The van der Waals surface area contributed by atoms with Crippen LogP contribution in [0.1, 0.15) is 39.0 Å². The van der Waals surface area contributed by atoms with Crippen molar-refractivity contribution >= 4 is 0 Å². The first kappa shape index (κ1) is 11.4. The quantitative estimate of drug-likeness (QED) is 0.777. The third kappa shape index (κ3) is 2.71. The molecule has 3 heteroatoms. The predicted octanol–water partition coefficient (Wildman–Crippen LogP) is 1.73. The van der Waals surface area contributed by atoms with Crippen molar-refractivity contribution in [2.75, 3.05) is 19.8 Å². The fraction of sp³-hybridized carbons (Fsp3) is 1.00. The second kappa shape index (κ2) is 4.81. The van der Waals surface area contributed by atoms with Gasteiger partial charge < -0.3 is 14.6 Å². The minimum atomic E-state index is -0.0209. The minimum Gasteiger partial charge on any atom is -0.396 e. The maximum absolute atomic E-state index is 9.53. The summed E-state index contributed by atoms with van der Waals surface area (Å²) >= 11 is 0. The molecule has 0 amide bonds. The van der Waals surface area contributed by atoms with Gasteiger partial charge in [0.25, 0.3) is 0 Å². The van der Waals surface area contributed by atoms with E-state index in [-0.39, 0.29) is 12.0 Å². The van der Waals surface area contributed by atoms with Gasteiger partial charge in [0.2, 0.25) is 0 Å². The van der Waals surface area contributed by atoms with Gasteiger partial charge in [0.15, 0.2) is 0 Å². The molecule has 0 radical (unpaired) electrons. The molecule has 0 bridgehead atoms. The molecular formula is C12H22O3. The van der Waals surface area contributed by atoms with E-state index in [1.54, 1.807) is 0 Å². The fourth-order valence-corrected chi connectivity index (χ4v) is 2.78. The fourth-order valence-electron chi connectivity index (χ4n) is 2.78. The number of hydrogen-bond donors (Lipinski definition) is 1. The van der Waals surface area contributed by atoms with Crippen LogP contribution in [-0.2, 0) is 9.47 Å². The lowest BCUT2D eigenvalue weighted by Crippen LogP contribution is -2.38. The maximum Gasteiger partial charge on any atom is 0.0586 e. The molecule has 1 N–H and O–H groups in total. The molecule has 2 aliphatic rings. The first-order valence-electron chi connectivity index (χ1n) is 6.08. The summed E-state index contributed by atoms with van der Waals surface area (Å²) in [5.41, 5.74) is -0.0209. The van der Waals surface area contributed by atoms with Crippen molar-refractivity contribution < 1.29 is 14.6 Å². The average Bonchev–Trinajstić information content (AvgIpc) is 2.65. The molecule has 0 aromatic carbocycles. The zero-order chi connectivity index (χ0) is 10.7. The molecule has 15 heavy (non-hydrogen) atoms. The Morgan fingerprint density at radius 1 is 1.40 bits per heavy atom. The van der Waals surface area contributed by atoms with E-state index in [4.69, 9.17) is 9.47 Å². The molecule has 0 aliphatic carbocycles. The lowest BCUT2D eigenvalue weighted by atomic mass is 9.78. The Bertz CT molecular complexity index is 199. The average molecular weight is 214 g/mol. The van der Waals surface area contributed by atoms with Crippen LogP contribution in [0.25, 0.3) is 0 Å². The van der Waals surface area contributed by atoms with E-state index >= 15 is 0 Å².